The number of anilines is 1. The van der Waals surface area contributed by atoms with E-state index in [1.54, 1.807) is 6.92 Å². The molecule has 1 aliphatic heterocycles. The maximum absolute atomic E-state index is 11.8. The van der Waals surface area contributed by atoms with Crippen molar-refractivity contribution in [2.75, 3.05) is 24.6 Å². The van der Waals surface area contributed by atoms with Crippen LogP contribution in [0, 0.1) is 6.92 Å². The molecule has 0 atom stereocenters. The van der Waals surface area contributed by atoms with Gasteiger partial charge < -0.3 is 14.2 Å². The van der Waals surface area contributed by atoms with E-state index < -0.39 is 5.97 Å². The van der Waals surface area contributed by atoms with Crippen molar-refractivity contribution in [1.29, 1.82) is 0 Å². The second-order valence-corrected chi connectivity index (χ2v) is 4.73. The Bertz CT molecular complexity index is 646. The lowest BCUT2D eigenvalue weighted by Gasteiger charge is -2.17. The van der Waals surface area contributed by atoms with Gasteiger partial charge in [0.05, 0.1) is 12.3 Å². The van der Waals surface area contributed by atoms with Crippen molar-refractivity contribution in [1.82, 2.24) is 15.1 Å². The number of carbonyl (C=O) groups is 1. The molecule has 3 heterocycles. The highest BCUT2D eigenvalue weighted by atomic mass is 16.5. The smallest absolute Gasteiger partial charge is 0.376 e. The Morgan fingerprint density at radius 1 is 1.35 bits per heavy atom. The van der Waals surface area contributed by atoms with E-state index in [9.17, 15) is 4.79 Å². The van der Waals surface area contributed by atoms with Gasteiger partial charge in [-0.15, -0.1) is 0 Å². The SMILES string of the molecule is CCOC(=O)c1nc(N2CCCC2)c2c(C)noc2n1. The van der Waals surface area contributed by atoms with Crippen LogP contribution in [0.5, 0.6) is 0 Å². The van der Waals surface area contributed by atoms with Gasteiger partial charge in [-0.05, 0) is 26.7 Å². The molecule has 1 fully saturated rings. The number of ether oxygens (including phenoxy) is 1. The molecule has 2 aromatic heterocycles. The quantitative estimate of drug-likeness (QED) is 0.789. The highest BCUT2D eigenvalue weighted by Gasteiger charge is 2.24. The van der Waals surface area contributed by atoms with Gasteiger partial charge >= 0.3 is 5.97 Å². The maximum atomic E-state index is 11.8. The molecule has 0 bridgehead atoms. The molecule has 7 heteroatoms. The van der Waals surface area contributed by atoms with Gasteiger partial charge in [-0.2, -0.15) is 4.98 Å². The first kappa shape index (κ1) is 12.8. The Kier molecular flexibility index (Phi) is 3.25. The Morgan fingerprint density at radius 3 is 2.80 bits per heavy atom. The fourth-order valence-corrected chi connectivity index (χ4v) is 2.41. The number of aryl methyl sites for hydroxylation is 1. The summed E-state index contributed by atoms with van der Waals surface area (Å²) in [4.78, 5) is 22.5. The predicted octanol–water partition coefficient (Wildman–Crippen LogP) is 1.70. The molecule has 0 N–H and O–H groups in total. The monoisotopic (exact) mass is 276 g/mol. The summed E-state index contributed by atoms with van der Waals surface area (Å²) < 4.78 is 10.1. The van der Waals surface area contributed by atoms with Gasteiger partial charge in [0.25, 0.3) is 5.71 Å². The van der Waals surface area contributed by atoms with Crippen LogP contribution in [0.2, 0.25) is 0 Å². The zero-order chi connectivity index (χ0) is 14.1. The molecule has 0 amide bonds. The van der Waals surface area contributed by atoms with Gasteiger partial charge in [-0.25, -0.2) is 9.78 Å². The summed E-state index contributed by atoms with van der Waals surface area (Å²) in [6, 6.07) is 0. The zero-order valence-electron chi connectivity index (χ0n) is 11.5. The van der Waals surface area contributed by atoms with Crippen molar-refractivity contribution in [3.05, 3.63) is 11.5 Å². The van der Waals surface area contributed by atoms with Gasteiger partial charge in [0.1, 0.15) is 11.2 Å². The summed E-state index contributed by atoms with van der Waals surface area (Å²) in [5.41, 5.74) is 1.07. The summed E-state index contributed by atoms with van der Waals surface area (Å²) in [5.74, 6) is 0.204. The molecule has 3 rings (SSSR count). The molecule has 20 heavy (non-hydrogen) atoms. The number of hydrogen-bond donors (Lipinski definition) is 0. The number of fused-ring (bicyclic) bond motifs is 1. The van der Waals surface area contributed by atoms with Crippen LogP contribution in [0.25, 0.3) is 11.1 Å². The minimum Gasteiger partial charge on any atom is -0.460 e. The normalized spacial score (nSPS) is 15.0. The Morgan fingerprint density at radius 2 is 2.10 bits per heavy atom. The van der Waals surface area contributed by atoms with Crippen molar-refractivity contribution in [3.63, 3.8) is 0 Å². The lowest BCUT2D eigenvalue weighted by atomic mass is 10.3. The zero-order valence-corrected chi connectivity index (χ0v) is 11.5. The molecule has 0 aliphatic carbocycles. The molecule has 0 saturated carbocycles. The van der Waals surface area contributed by atoms with Crippen LogP contribution < -0.4 is 4.90 Å². The summed E-state index contributed by atoms with van der Waals surface area (Å²) in [6.07, 6.45) is 2.23. The Balaban J connectivity index is 2.13. The third-order valence-electron chi connectivity index (χ3n) is 3.35. The highest BCUT2D eigenvalue weighted by Crippen LogP contribution is 2.29. The average molecular weight is 276 g/mol. The number of rotatable bonds is 3. The number of nitrogens with zero attached hydrogens (tertiary/aromatic N) is 4. The number of aromatic nitrogens is 3. The van der Waals surface area contributed by atoms with Crippen LogP contribution in [0.3, 0.4) is 0 Å². The molecule has 0 radical (unpaired) electrons. The van der Waals surface area contributed by atoms with Gasteiger partial charge in [0.15, 0.2) is 0 Å². The molecular weight excluding hydrogens is 260 g/mol. The van der Waals surface area contributed by atoms with Crippen molar-refractivity contribution in [3.8, 4) is 0 Å². The fraction of sp³-hybridized carbons (Fsp3) is 0.538. The molecule has 7 nitrogen and oxygen atoms in total. The minimum absolute atomic E-state index is 0.0254. The van der Waals surface area contributed by atoms with E-state index in [1.807, 2.05) is 6.92 Å². The van der Waals surface area contributed by atoms with E-state index in [4.69, 9.17) is 9.26 Å². The highest BCUT2D eigenvalue weighted by molar-refractivity contribution is 5.93. The summed E-state index contributed by atoms with van der Waals surface area (Å²) >= 11 is 0. The first-order valence-corrected chi connectivity index (χ1v) is 6.76. The lowest BCUT2D eigenvalue weighted by Crippen LogP contribution is -2.21. The van der Waals surface area contributed by atoms with Gasteiger partial charge in [-0.3, -0.25) is 0 Å². The topological polar surface area (TPSA) is 81.4 Å². The molecule has 0 aromatic carbocycles. The number of hydrogen-bond acceptors (Lipinski definition) is 7. The second-order valence-electron chi connectivity index (χ2n) is 4.73. The third-order valence-corrected chi connectivity index (χ3v) is 3.35. The van der Waals surface area contributed by atoms with E-state index in [1.165, 1.54) is 0 Å². The van der Waals surface area contributed by atoms with E-state index in [-0.39, 0.29) is 12.4 Å². The van der Waals surface area contributed by atoms with Crippen molar-refractivity contribution in [2.24, 2.45) is 0 Å². The van der Waals surface area contributed by atoms with Crippen LogP contribution in [0.4, 0.5) is 5.82 Å². The summed E-state index contributed by atoms with van der Waals surface area (Å²) in [5, 5.41) is 4.70. The van der Waals surface area contributed by atoms with Crippen molar-refractivity contribution in [2.45, 2.75) is 26.7 Å². The van der Waals surface area contributed by atoms with Crippen LogP contribution in [0.1, 0.15) is 36.1 Å². The largest absolute Gasteiger partial charge is 0.460 e. The Labute approximate surface area is 115 Å². The van der Waals surface area contributed by atoms with E-state index >= 15 is 0 Å². The van der Waals surface area contributed by atoms with Crippen LogP contribution in [0.15, 0.2) is 4.52 Å². The van der Waals surface area contributed by atoms with Crippen molar-refractivity contribution >= 4 is 22.9 Å². The molecule has 1 saturated heterocycles. The third kappa shape index (κ3) is 2.09. The van der Waals surface area contributed by atoms with Crippen LogP contribution in [-0.4, -0.2) is 40.8 Å². The molecule has 0 spiro atoms. The molecule has 2 aromatic rings. The lowest BCUT2D eigenvalue weighted by molar-refractivity contribution is 0.0512. The standard InChI is InChI=1S/C13H16N4O3/c1-3-19-13(18)10-14-11(17-6-4-5-7-17)9-8(2)16-20-12(9)15-10/h3-7H2,1-2H3. The number of esters is 1. The first-order chi connectivity index (χ1) is 9.70. The summed E-state index contributed by atoms with van der Waals surface area (Å²) in [6.45, 7) is 5.71. The van der Waals surface area contributed by atoms with E-state index in [0.717, 1.165) is 37.0 Å². The molecule has 106 valence electrons. The molecule has 1 aliphatic rings. The van der Waals surface area contributed by atoms with Crippen molar-refractivity contribution < 1.29 is 14.1 Å². The first-order valence-electron chi connectivity index (χ1n) is 6.76. The fourth-order valence-electron chi connectivity index (χ4n) is 2.41. The maximum Gasteiger partial charge on any atom is 0.376 e. The minimum atomic E-state index is -0.538. The van der Waals surface area contributed by atoms with E-state index in [2.05, 4.69) is 20.0 Å². The number of carbonyl (C=O) groups excluding carboxylic acids is 1. The predicted molar refractivity (Wildman–Crippen MR) is 71.7 cm³/mol. The molecular formula is C13H16N4O3. The average Bonchev–Trinajstić information content (AvgIpc) is 3.08. The second kappa shape index (κ2) is 5.07. The van der Waals surface area contributed by atoms with Gasteiger partial charge in [-0.1, -0.05) is 5.16 Å². The molecule has 0 unspecified atom stereocenters. The van der Waals surface area contributed by atoms with Gasteiger partial charge in [0, 0.05) is 13.1 Å². The van der Waals surface area contributed by atoms with Crippen LogP contribution in [-0.2, 0) is 4.74 Å². The van der Waals surface area contributed by atoms with Gasteiger partial charge in [0.2, 0.25) is 5.82 Å². The van der Waals surface area contributed by atoms with E-state index in [0.29, 0.717) is 11.5 Å². The Hall–Kier alpha value is -2.18. The summed E-state index contributed by atoms with van der Waals surface area (Å²) in [7, 11) is 0. The van der Waals surface area contributed by atoms with Crippen LogP contribution >= 0.6 is 0 Å².